The molecule has 0 unspecified atom stereocenters. The number of hydrogen-bond donors (Lipinski definition) is 0. The van der Waals surface area contributed by atoms with Crippen LogP contribution in [0.1, 0.15) is 62.1 Å². The quantitative estimate of drug-likeness (QED) is 0.603. The fourth-order valence-electron chi connectivity index (χ4n) is 2.34. The minimum atomic E-state index is 0.392. The summed E-state index contributed by atoms with van der Waals surface area (Å²) >= 11 is 0. The highest BCUT2D eigenvalue weighted by Gasteiger charge is 2.08. The van der Waals surface area contributed by atoms with Crippen LogP contribution in [0.2, 0.25) is 0 Å². The number of ketones is 1. The highest BCUT2D eigenvalue weighted by atomic mass is 16.1. The maximum absolute atomic E-state index is 11.9. The predicted molar refractivity (Wildman–Crippen MR) is 78.0 cm³/mol. The molecular formula is C17H26O. The summed E-state index contributed by atoms with van der Waals surface area (Å²) in [4.78, 5) is 11.9. The van der Waals surface area contributed by atoms with Gasteiger partial charge in [-0.15, -0.1) is 0 Å². The Morgan fingerprint density at radius 3 is 2.22 bits per heavy atom. The Morgan fingerprint density at radius 1 is 1.00 bits per heavy atom. The third kappa shape index (κ3) is 5.03. The first kappa shape index (κ1) is 14.9. The Hall–Kier alpha value is -1.11. The molecule has 18 heavy (non-hydrogen) atoms. The molecule has 0 saturated heterocycles. The molecule has 0 heterocycles. The van der Waals surface area contributed by atoms with Crippen molar-refractivity contribution in [1.29, 1.82) is 0 Å². The molecule has 0 atom stereocenters. The lowest BCUT2D eigenvalue weighted by Gasteiger charge is -2.08. The molecule has 0 fully saturated rings. The zero-order valence-corrected chi connectivity index (χ0v) is 12.1. The lowest BCUT2D eigenvalue weighted by Crippen LogP contribution is -2.05. The number of unbranched alkanes of at least 4 members (excludes halogenated alkanes) is 4. The minimum Gasteiger partial charge on any atom is -0.299 e. The van der Waals surface area contributed by atoms with Crippen LogP contribution in [0.15, 0.2) is 18.2 Å². The second kappa shape index (κ2) is 8.07. The first-order chi connectivity index (χ1) is 8.65. The largest absolute Gasteiger partial charge is 0.299 e. The fraction of sp³-hybridized carbons (Fsp3) is 0.588. The average molecular weight is 246 g/mol. The van der Waals surface area contributed by atoms with Gasteiger partial charge >= 0.3 is 0 Å². The second-order valence-corrected chi connectivity index (χ2v) is 5.25. The molecule has 1 nitrogen and oxygen atoms in total. The Morgan fingerprint density at radius 2 is 1.61 bits per heavy atom. The Balaban J connectivity index is 2.36. The highest BCUT2D eigenvalue weighted by molar-refractivity contribution is 5.81. The molecule has 0 amide bonds. The Kier molecular flexibility index (Phi) is 6.70. The Labute approximate surface area is 112 Å². The summed E-state index contributed by atoms with van der Waals surface area (Å²) in [6, 6.07) is 6.25. The smallest absolute Gasteiger partial charge is 0.137 e. The van der Waals surface area contributed by atoms with E-state index in [9.17, 15) is 4.79 Å². The van der Waals surface area contributed by atoms with E-state index in [4.69, 9.17) is 0 Å². The summed E-state index contributed by atoms with van der Waals surface area (Å²) in [6.07, 6.45) is 7.45. The third-order valence-electron chi connectivity index (χ3n) is 3.58. The molecule has 0 aromatic heterocycles. The summed E-state index contributed by atoms with van der Waals surface area (Å²) in [6.45, 7) is 6.40. The molecule has 0 aliphatic heterocycles. The second-order valence-electron chi connectivity index (χ2n) is 5.25. The van der Waals surface area contributed by atoms with Crippen molar-refractivity contribution in [3.8, 4) is 0 Å². The fourth-order valence-corrected chi connectivity index (χ4v) is 2.34. The molecule has 1 rings (SSSR count). The van der Waals surface area contributed by atoms with Gasteiger partial charge in [-0.1, -0.05) is 50.8 Å². The van der Waals surface area contributed by atoms with Gasteiger partial charge in [0.2, 0.25) is 0 Å². The molecule has 1 aromatic rings. The highest BCUT2D eigenvalue weighted by Crippen LogP contribution is 2.15. The molecule has 0 aliphatic rings. The van der Waals surface area contributed by atoms with Gasteiger partial charge in [-0.2, -0.15) is 0 Å². The standard InChI is InChI=1S/C17H26O/c1-4-5-6-7-8-12-16(18)13-17-14(2)10-9-11-15(17)3/h9-11H,4-8,12-13H2,1-3H3. The topological polar surface area (TPSA) is 17.1 Å². The van der Waals surface area contributed by atoms with E-state index in [1.165, 1.54) is 42.4 Å². The first-order valence-electron chi connectivity index (χ1n) is 7.22. The lowest BCUT2D eigenvalue weighted by atomic mass is 9.96. The summed E-state index contributed by atoms with van der Waals surface area (Å²) < 4.78 is 0. The van der Waals surface area contributed by atoms with Crippen LogP contribution < -0.4 is 0 Å². The SMILES string of the molecule is CCCCCCCC(=O)Cc1c(C)cccc1C. The molecule has 0 aliphatic carbocycles. The van der Waals surface area contributed by atoms with Gasteiger partial charge in [-0.3, -0.25) is 4.79 Å². The van der Waals surface area contributed by atoms with E-state index in [2.05, 4.69) is 39.0 Å². The van der Waals surface area contributed by atoms with E-state index >= 15 is 0 Å². The number of benzene rings is 1. The Bertz CT molecular complexity index is 359. The van der Waals surface area contributed by atoms with E-state index in [0.29, 0.717) is 12.2 Å². The van der Waals surface area contributed by atoms with Crippen molar-refractivity contribution in [1.82, 2.24) is 0 Å². The van der Waals surface area contributed by atoms with Gasteiger partial charge < -0.3 is 0 Å². The zero-order chi connectivity index (χ0) is 13.4. The molecule has 1 aromatic carbocycles. The normalized spacial score (nSPS) is 10.6. The van der Waals surface area contributed by atoms with Crippen molar-refractivity contribution >= 4 is 5.78 Å². The van der Waals surface area contributed by atoms with Crippen molar-refractivity contribution < 1.29 is 4.79 Å². The van der Waals surface area contributed by atoms with Crippen LogP contribution in [0.5, 0.6) is 0 Å². The third-order valence-corrected chi connectivity index (χ3v) is 3.58. The zero-order valence-electron chi connectivity index (χ0n) is 12.1. The van der Waals surface area contributed by atoms with Crippen molar-refractivity contribution in [2.24, 2.45) is 0 Å². The van der Waals surface area contributed by atoms with Gasteiger partial charge in [-0.25, -0.2) is 0 Å². The van der Waals surface area contributed by atoms with Crippen LogP contribution >= 0.6 is 0 Å². The van der Waals surface area contributed by atoms with Crippen molar-refractivity contribution in [2.75, 3.05) is 0 Å². The van der Waals surface area contributed by atoms with Gasteiger partial charge in [0.15, 0.2) is 0 Å². The number of Topliss-reactive ketones (excluding diaryl/α,β-unsaturated/α-hetero) is 1. The molecule has 0 bridgehead atoms. The van der Waals surface area contributed by atoms with Crippen LogP contribution in [0.4, 0.5) is 0 Å². The van der Waals surface area contributed by atoms with Crippen molar-refractivity contribution in [2.45, 2.75) is 65.7 Å². The molecule has 0 N–H and O–H groups in total. The van der Waals surface area contributed by atoms with Gasteiger partial charge in [0.25, 0.3) is 0 Å². The van der Waals surface area contributed by atoms with Crippen LogP contribution in [-0.4, -0.2) is 5.78 Å². The average Bonchev–Trinajstić information content (AvgIpc) is 2.34. The van der Waals surface area contributed by atoms with E-state index in [1.54, 1.807) is 0 Å². The summed E-state index contributed by atoms with van der Waals surface area (Å²) in [5, 5.41) is 0. The molecule has 0 saturated carbocycles. The van der Waals surface area contributed by atoms with Crippen molar-refractivity contribution in [3.63, 3.8) is 0 Å². The molecule has 0 spiro atoms. The van der Waals surface area contributed by atoms with E-state index < -0.39 is 0 Å². The minimum absolute atomic E-state index is 0.392. The van der Waals surface area contributed by atoms with E-state index in [-0.39, 0.29) is 0 Å². The van der Waals surface area contributed by atoms with Gasteiger partial charge in [0, 0.05) is 12.8 Å². The van der Waals surface area contributed by atoms with Crippen LogP contribution in [0, 0.1) is 13.8 Å². The predicted octanol–water partition coefficient (Wildman–Crippen LogP) is 4.78. The van der Waals surface area contributed by atoms with E-state index in [0.717, 1.165) is 12.8 Å². The summed E-state index contributed by atoms with van der Waals surface area (Å²) in [7, 11) is 0. The molecule has 100 valence electrons. The number of hydrogen-bond acceptors (Lipinski definition) is 1. The molecule has 0 radical (unpaired) electrons. The van der Waals surface area contributed by atoms with Gasteiger partial charge in [0.05, 0.1) is 0 Å². The van der Waals surface area contributed by atoms with Crippen LogP contribution in [0.3, 0.4) is 0 Å². The van der Waals surface area contributed by atoms with Gasteiger partial charge in [0.1, 0.15) is 5.78 Å². The molecule has 1 heteroatoms. The molecular weight excluding hydrogens is 220 g/mol. The maximum Gasteiger partial charge on any atom is 0.137 e. The lowest BCUT2D eigenvalue weighted by molar-refractivity contribution is -0.118. The first-order valence-corrected chi connectivity index (χ1v) is 7.22. The van der Waals surface area contributed by atoms with Crippen LogP contribution in [0.25, 0.3) is 0 Å². The number of aryl methyl sites for hydroxylation is 2. The summed E-state index contributed by atoms with van der Waals surface area (Å²) in [5.74, 6) is 0.392. The maximum atomic E-state index is 11.9. The van der Waals surface area contributed by atoms with Gasteiger partial charge in [-0.05, 0) is 37.0 Å². The summed E-state index contributed by atoms with van der Waals surface area (Å²) in [5.41, 5.74) is 3.72. The van der Waals surface area contributed by atoms with Crippen LogP contribution in [-0.2, 0) is 11.2 Å². The van der Waals surface area contributed by atoms with E-state index in [1.807, 2.05) is 0 Å². The monoisotopic (exact) mass is 246 g/mol. The number of carbonyl (C=O) groups is 1. The number of carbonyl (C=O) groups excluding carboxylic acids is 1. The van der Waals surface area contributed by atoms with Crippen molar-refractivity contribution in [3.05, 3.63) is 34.9 Å². The number of rotatable bonds is 8.